The molecule has 154 valence electrons. The quantitative estimate of drug-likeness (QED) is 0.356. The minimum atomic E-state index is -0.0309. The molecule has 0 atom stereocenters. The van der Waals surface area contributed by atoms with E-state index >= 15 is 0 Å². The summed E-state index contributed by atoms with van der Waals surface area (Å²) < 4.78 is 9.91. The fourth-order valence-electron chi connectivity index (χ4n) is 4.01. The van der Waals surface area contributed by atoms with Crippen molar-refractivity contribution in [3.05, 3.63) is 112 Å². The predicted octanol–water partition coefficient (Wildman–Crippen LogP) is 5.77. The molecule has 0 saturated carbocycles. The summed E-state index contributed by atoms with van der Waals surface area (Å²) in [5.74, 6) is 0.773. The Labute approximate surface area is 184 Å². The lowest BCUT2D eigenvalue weighted by Gasteiger charge is -2.10. The van der Waals surface area contributed by atoms with Crippen LogP contribution < -0.4 is 10.3 Å². The third-order valence-electron chi connectivity index (χ3n) is 5.57. The van der Waals surface area contributed by atoms with E-state index in [2.05, 4.69) is 4.57 Å². The Balaban J connectivity index is 1.68. The van der Waals surface area contributed by atoms with Gasteiger partial charge >= 0.3 is 0 Å². The number of halogens is 1. The van der Waals surface area contributed by atoms with E-state index in [0.717, 1.165) is 33.2 Å². The lowest BCUT2D eigenvalue weighted by Crippen LogP contribution is -2.18. The molecule has 0 bridgehead atoms. The monoisotopic (exact) mass is 428 g/mol. The van der Waals surface area contributed by atoms with Crippen molar-refractivity contribution >= 4 is 33.4 Å². The van der Waals surface area contributed by atoms with Crippen molar-refractivity contribution in [3.8, 4) is 5.75 Å². The highest BCUT2D eigenvalue weighted by Crippen LogP contribution is 2.35. The van der Waals surface area contributed by atoms with Gasteiger partial charge in [0, 0.05) is 35.6 Å². The second-order valence-corrected chi connectivity index (χ2v) is 8.07. The third-order valence-corrected chi connectivity index (χ3v) is 5.82. The fraction of sp³-hybridized carbons (Fsp3) is 0.115. The largest absolute Gasteiger partial charge is 0.488 e. The number of benzene rings is 3. The number of nitrogens with zero attached hydrogens (tertiary/aromatic N) is 2. The number of rotatable bonds is 5. The molecule has 0 N–H and O–H groups in total. The van der Waals surface area contributed by atoms with Crippen LogP contribution in [0, 0.1) is 0 Å². The fourth-order valence-corrected chi connectivity index (χ4v) is 4.13. The number of fused-ring (bicyclic) bond motifs is 3. The Bertz CT molecular complexity index is 1430. The van der Waals surface area contributed by atoms with E-state index < -0.39 is 0 Å². The SMILES string of the molecule is Cn1ccc2c3c(OCc4ccccc4)cccc3n(Cc3ccc(Cl)cc3)c2c1=O. The Morgan fingerprint density at radius 1 is 0.871 bits per heavy atom. The van der Waals surface area contributed by atoms with Crippen LogP contribution in [0.2, 0.25) is 5.02 Å². The van der Waals surface area contributed by atoms with Gasteiger partial charge in [-0.3, -0.25) is 4.79 Å². The number of ether oxygens (including phenoxy) is 1. The lowest BCUT2D eigenvalue weighted by molar-refractivity contribution is 0.310. The highest BCUT2D eigenvalue weighted by molar-refractivity contribution is 6.30. The van der Waals surface area contributed by atoms with E-state index in [1.807, 2.05) is 85.1 Å². The molecule has 0 amide bonds. The van der Waals surface area contributed by atoms with E-state index in [0.29, 0.717) is 23.7 Å². The first kappa shape index (κ1) is 19.5. The molecule has 0 saturated heterocycles. The first-order valence-corrected chi connectivity index (χ1v) is 10.5. The van der Waals surface area contributed by atoms with Gasteiger partial charge in [-0.05, 0) is 41.5 Å². The molecule has 0 aliphatic carbocycles. The van der Waals surface area contributed by atoms with Crippen molar-refractivity contribution in [1.82, 2.24) is 9.13 Å². The minimum Gasteiger partial charge on any atom is -0.488 e. The first-order chi connectivity index (χ1) is 15.1. The van der Waals surface area contributed by atoms with Gasteiger partial charge in [0.15, 0.2) is 0 Å². The summed E-state index contributed by atoms with van der Waals surface area (Å²) in [7, 11) is 1.78. The zero-order chi connectivity index (χ0) is 21.4. The maximum absolute atomic E-state index is 13.1. The number of aryl methyl sites for hydroxylation is 1. The molecule has 4 nitrogen and oxygen atoms in total. The van der Waals surface area contributed by atoms with E-state index in [1.165, 1.54) is 0 Å². The molecule has 5 rings (SSSR count). The van der Waals surface area contributed by atoms with Crippen LogP contribution in [0.1, 0.15) is 11.1 Å². The molecular weight excluding hydrogens is 408 g/mol. The minimum absolute atomic E-state index is 0.0309. The van der Waals surface area contributed by atoms with Crippen LogP contribution in [0.15, 0.2) is 89.9 Å². The summed E-state index contributed by atoms with van der Waals surface area (Å²) in [6.45, 7) is 1.03. The van der Waals surface area contributed by atoms with E-state index in [4.69, 9.17) is 16.3 Å². The molecule has 0 unspecified atom stereocenters. The van der Waals surface area contributed by atoms with Gasteiger partial charge in [0.1, 0.15) is 17.9 Å². The summed E-state index contributed by atoms with van der Waals surface area (Å²) in [4.78, 5) is 13.1. The summed E-state index contributed by atoms with van der Waals surface area (Å²) >= 11 is 6.06. The average Bonchev–Trinajstić information content (AvgIpc) is 3.12. The van der Waals surface area contributed by atoms with Gasteiger partial charge in [0.2, 0.25) is 0 Å². The van der Waals surface area contributed by atoms with Crippen molar-refractivity contribution in [2.45, 2.75) is 13.2 Å². The number of pyridine rings is 1. The second-order valence-electron chi connectivity index (χ2n) is 7.63. The molecule has 0 spiro atoms. The molecule has 2 heterocycles. The lowest BCUT2D eigenvalue weighted by atomic mass is 10.1. The number of aromatic nitrogens is 2. The topological polar surface area (TPSA) is 36.2 Å². The Hall–Kier alpha value is -3.50. The van der Waals surface area contributed by atoms with Crippen molar-refractivity contribution in [1.29, 1.82) is 0 Å². The van der Waals surface area contributed by atoms with Crippen molar-refractivity contribution in [2.75, 3.05) is 0 Å². The zero-order valence-corrected chi connectivity index (χ0v) is 17.8. The van der Waals surface area contributed by atoms with Crippen LogP contribution in [-0.2, 0) is 20.2 Å². The molecular formula is C26H21ClN2O2. The highest BCUT2D eigenvalue weighted by atomic mass is 35.5. The van der Waals surface area contributed by atoms with Crippen LogP contribution >= 0.6 is 11.6 Å². The van der Waals surface area contributed by atoms with Gasteiger partial charge in [-0.25, -0.2) is 0 Å². The summed E-state index contributed by atoms with van der Waals surface area (Å²) in [5, 5.41) is 2.55. The standard InChI is InChI=1S/C26H21ClN2O2/c1-28-15-14-21-24-22(8-5-9-23(24)31-17-19-6-3-2-4-7-19)29(25(21)26(28)30)16-18-10-12-20(27)13-11-18/h2-15H,16-17H2,1H3. The van der Waals surface area contributed by atoms with Crippen LogP contribution in [0.5, 0.6) is 5.75 Å². The van der Waals surface area contributed by atoms with E-state index in [-0.39, 0.29) is 5.56 Å². The molecule has 3 aromatic carbocycles. The molecule has 0 aliphatic heterocycles. The summed E-state index contributed by atoms with van der Waals surface area (Å²) in [6.07, 6.45) is 1.81. The molecule has 5 heteroatoms. The van der Waals surface area contributed by atoms with Crippen LogP contribution in [0.3, 0.4) is 0 Å². The smallest absolute Gasteiger partial charge is 0.274 e. The molecule has 0 fully saturated rings. The Morgan fingerprint density at radius 3 is 2.42 bits per heavy atom. The van der Waals surface area contributed by atoms with Crippen molar-refractivity contribution < 1.29 is 4.74 Å². The second kappa shape index (κ2) is 7.97. The maximum Gasteiger partial charge on any atom is 0.274 e. The van der Waals surface area contributed by atoms with Crippen LogP contribution in [0.4, 0.5) is 0 Å². The number of hydrogen-bond acceptors (Lipinski definition) is 2. The predicted molar refractivity (Wildman–Crippen MR) is 126 cm³/mol. The third kappa shape index (κ3) is 3.60. The van der Waals surface area contributed by atoms with Gasteiger partial charge in [-0.2, -0.15) is 0 Å². The van der Waals surface area contributed by atoms with Gasteiger partial charge in [-0.1, -0.05) is 60.1 Å². The summed E-state index contributed by atoms with van der Waals surface area (Å²) in [5.41, 5.74) is 3.78. The zero-order valence-electron chi connectivity index (χ0n) is 17.1. The molecule has 5 aromatic rings. The van der Waals surface area contributed by atoms with Gasteiger partial charge in [0.05, 0.1) is 5.52 Å². The molecule has 0 radical (unpaired) electrons. The van der Waals surface area contributed by atoms with Crippen molar-refractivity contribution in [2.24, 2.45) is 7.05 Å². The van der Waals surface area contributed by atoms with Gasteiger partial charge < -0.3 is 13.9 Å². The van der Waals surface area contributed by atoms with E-state index in [9.17, 15) is 4.79 Å². The first-order valence-electron chi connectivity index (χ1n) is 10.1. The van der Waals surface area contributed by atoms with Crippen LogP contribution in [0.25, 0.3) is 21.8 Å². The maximum atomic E-state index is 13.1. The Morgan fingerprint density at radius 2 is 1.65 bits per heavy atom. The highest BCUT2D eigenvalue weighted by Gasteiger charge is 2.18. The average molecular weight is 429 g/mol. The van der Waals surface area contributed by atoms with Crippen LogP contribution in [-0.4, -0.2) is 9.13 Å². The van der Waals surface area contributed by atoms with Crippen molar-refractivity contribution in [3.63, 3.8) is 0 Å². The van der Waals surface area contributed by atoms with Gasteiger partial charge in [-0.15, -0.1) is 0 Å². The molecule has 0 aliphatic rings. The molecule has 31 heavy (non-hydrogen) atoms. The number of hydrogen-bond donors (Lipinski definition) is 0. The van der Waals surface area contributed by atoms with Gasteiger partial charge in [0.25, 0.3) is 5.56 Å². The summed E-state index contributed by atoms with van der Waals surface area (Å²) in [6, 6.07) is 25.8. The molecule has 2 aromatic heterocycles. The Kier molecular flexibility index (Phi) is 5.00. The normalized spacial score (nSPS) is 11.3. The van der Waals surface area contributed by atoms with E-state index in [1.54, 1.807) is 11.6 Å².